The number of anilines is 1. The van der Waals surface area contributed by atoms with E-state index in [0.717, 1.165) is 25.7 Å². The highest BCUT2D eigenvalue weighted by molar-refractivity contribution is 6.39. The molecule has 2 amide bonds. The van der Waals surface area contributed by atoms with Crippen LogP contribution in [0.15, 0.2) is 18.2 Å². The molecular formula is C17H24N2O4. The van der Waals surface area contributed by atoms with Gasteiger partial charge in [0.15, 0.2) is 0 Å². The summed E-state index contributed by atoms with van der Waals surface area (Å²) in [7, 11) is 3.04. The molecule has 0 saturated heterocycles. The second kappa shape index (κ2) is 8.41. The minimum atomic E-state index is -0.683. The van der Waals surface area contributed by atoms with Crippen LogP contribution in [0.3, 0.4) is 0 Å². The van der Waals surface area contributed by atoms with E-state index in [2.05, 4.69) is 10.6 Å². The van der Waals surface area contributed by atoms with Gasteiger partial charge < -0.3 is 20.1 Å². The van der Waals surface area contributed by atoms with Crippen LogP contribution in [-0.2, 0) is 9.59 Å². The number of hydrogen-bond acceptors (Lipinski definition) is 4. The molecule has 0 radical (unpaired) electrons. The zero-order valence-electron chi connectivity index (χ0n) is 13.7. The zero-order valence-corrected chi connectivity index (χ0v) is 13.7. The molecule has 0 bridgehead atoms. The Morgan fingerprint density at radius 1 is 1.00 bits per heavy atom. The monoisotopic (exact) mass is 320 g/mol. The molecule has 6 heteroatoms. The molecule has 23 heavy (non-hydrogen) atoms. The molecule has 1 fully saturated rings. The maximum atomic E-state index is 12.1. The van der Waals surface area contributed by atoms with E-state index in [4.69, 9.17) is 9.47 Å². The minimum Gasteiger partial charge on any atom is -0.497 e. The Hall–Kier alpha value is -2.24. The number of methoxy groups -OCH3 is 2. The number of benzene rings is 1. The van der Waals surface area contributed by atoms with Crippen LogP contribution in [0.4, 0.5) is 5.69 Å². The molecule has 0 unspecified atom stereocenters. The topological polar surface area (TPSA) is 76.7 Å². The number of carbonyl (C=O) groups excluding carboxylic acids is 2. The first kappa shape index (κ1) is 17.1. The van der Waals surface area contributed by atoms with E-state index in [0.29, 0.717) is 17.2 Å². The van der Waals surface area contributed by atoms with E-state index in [1.807, 2.05) is 0 Å². The van der Waals surface area contributed by atoms with E-state index >= 15 is 0 Å². The number of ether oxygens (including phenoxy) is 2. The average molecular weight is 320 g/mol. The lowest BCUT2D eigenvalue weighted by Gasteiger charge is -2.16. The smallest absolute Gasteiger partial charge is 0.313 e. The van der Waals surface area contributed by atoms with E-state index in [-0.39, 0.29) is 6.04 Å². The van der Waals surface area contributed by atoms with E-state index in [9.17, 15) is 9.59 Å². The largest absolute Gasteiger partial charge is 0.497 e. The van der Waals surface area contributed by atoms with Gasteiger partial charge in [-0.2, -0.15) is 0 Å². The SMILES string of the molecule is COc1ccc(NC(=O)C(=O)NC2CCCCCC2)c(OC)c1. The van der Waals surface area contributed by atoms with Crippen molar-refractivity contribution in [1.29, 1.82) is 0 Å². The molecule has 2 N–H and O–H groups in total. The second-order valence-electron chi connectivity index (χ2n) is 5.68. The van der Waals surface area contributed by atoms with Gasteiger partial charge in [0, 0.05) is 12.1 Å². The molecule has 6 nitrogen and oxygen atoms in total. The highest BCUT2D eigenvalue weighted by Gasteiger charge is 2.20. The third-order valence-electron chi connectivity index (χ3n) is 4.05. The molecule has 0 aliphatic heterocycles. The van der Waals surface area contributed by atoms with Gasteiger partial charge in [0.1, 0.15) is 11.5 Å². The Labute approximate surface area is 136 Å². The fraction of sp³-hybridized carbons (Fsp3) is 0.529. The van der Waals surface area contributed by atoms with Gasteiger partial charge in [-0.3, -0.25) is 9.59 Å². The van der Waals surface area contributed by atoms with Gasteiger partial charge in [-0.25, -0.2) is 0 Å². The van der Waals surface area contributed by atoms with Crippen LogP contribution in [0.1, 0.15) is 38.5 Å². The zero-order chi connectivity index (χ0) is 16.7. The average Bonchev–Trinajstić information content (AvgIpc) is 2.83. The van der Waals surface area contributed by atoms with Crippen molar-refractivity contribution in [3.63, 3.8) is 0 Å². The molecule has 1 aliphatic rings. The highest BCUT2D eigenvalue weighted by Crippen LogP contribution is 2.28. The molecule has 126 valence electrons. The maximum Gasteiger partial charge on any atom is 0.313 e. The molecular weight excluding hydrogens is 296 g/mol. The normalized spacial score (nSPS) is 15.4. The predicted molar refractivity (Wildman–Crippen MR) is 87.8 cm³/mol. The van der Waals surface area contributed by atoms with Crippen molar-refractivity contribution in [3.05, 3.63) is 18.2 Å². The van der Waals surface area contributed by atoms with Crippen molar-refractivity contribution in [1.82, 2.24) is 5.32 Å². The first-order chi connectivity index (χ1) is 11.1. The Kier molecular flexibility index (Phi) is 6.26. The molecule has 0 atom stereocenters. The number of hydrogen-bond donors (Lipinski definition) is 2. The van der Waals surface area contributed by atoms with Gasteiger partial charge in [-0.05, 0) is 25.0 Å². The summed E-state index contributed by atoms with van der Waals surface area (Å²) in [6, 6.07) is 5.09. The lowest BCUT2D eigenvalue weighted by molar-refractivity contribution is -0.136. The van der Waals surface area contributed by atoms with Crippen molar-refractivity contribution >= 4 is 17.5 Å². The van der Waals surface area contributed by atoms with Crippen LogP contribution in [0.25, 0.3) is 0 Å². The number of amides is 2. The van der Waals surface area contributed by atoms with Gasteiger partial charge >= 0.3 is 11.8 Å². The molecule has 1 aromatic carbocycles. The highest BCUT2D eigenvalue weighted by atomic mass is 16.5. The van der Waals surface area contributed by atoms with Crippen LogP contribution < -0.4 is 20.1 Å². The molecule has 2 rings (SSSR count). The Morgan fingerprint density at radius 2 is 1.70 bits per heavy atom. The van der Waals surface area contributed by atoms with E-state index < -0.39 is 11.8 Å². The minimum absolute atomic E-state index is 0.0912. The number of carbonyl (C=O) groups is 2. The van der Waals surface area contributed by atoms with Crippen LogP contribution in [0.5, 0.6) is 11.5 Å². The van der Waals surface area contributed by atoms with Crippen LogP contribution in [0, 0.1) is 0 Å². The number of rotatable bonds is 4. The van der Waals surface area contributed by atoms with E-state index in [1.54, 1.807) is 25.3 Å². The van der Waals surface area contributed by atoms with Crippen molar-refractivity contribution in [2.45, 2.75) is 44.6 Å². The third kappa shape index (κ3) is 4.87. The summed E-state index contributed by atoms with van der Waals surface area (Å²) < 4.78 is 10.3. The van der Waals surface area contributed by atoms with Crippen molar-refractivity contribution in [3.8, 4) is 11.5 Å². The summed E-state index contributed by atoms with van der Waals surface area (Å²) in [4.78, 5) is 24.1. The molecule has 1 aromatic rings. The van der Waals surface area contributed by atoms with Gasteiger partial charge in [0.2, 0.25) is 0 Å². The quantitative estimate of drug-likeness (QED) is 0.660. The van der Waals surface area contributed by atoms with Gasteiger partial charge in [-0.1, -0.05) is 25.7 Å². The lowest BCUT2D eigenvalue weighted by atomic mass is 10.1. The molecule has 0 spiro atoms. The number of nitrogens with one attached hydrogen (secondary N) is 2. The summed E-state index contributed by atoms with van der Waals surface area (Å²) >= 11 is 0. The van der Waals surface area contributed by atoms with Crippen molar-refractivity contribution in [2.75, 3.05) is 19.5 Å². The maximum absolute atomic E-state index is 12.1. The molecule has 0 heterocycles. The fourth-order valence-electron chi connectivity index (χ4n) is 2.76. The fourth-order valence-corrected chi connectivity index (χ4v) is 2.76. The summed E-state index contributed by atoms with van der Waals surface area (Å²) in [5.41, 5.74) is 0.439. The van der Waals surface area contributed by atoms with Gasteiger partial charge in [0.25, 0.3) is 0 Å². The standard InChI is InChI=1S/C17H24N2O4/c1-22-13-9-10-14(15(11-13)23-2)19-17(21)16(20)18-12-7-5-3-4-6-8-12/h9-12H,3-8H2,1-2H3,(H,18,20)(H,19,21). The van der Waals surface area contributed by atoms with Crippen LogP contribution in [0.2, 0.25) is 0 Å². The Bertz CT molecular complexity index is 552. The van der Waals surface area contributed by atoms with Crippen molar-refractivity contribution < 1.29 is 19.1 Å². The summed E-state index contributed by atoms with van der Waals surface area (Å²) in [6.45, 7) is 0. The van der Waals surface area contributed by atoms with Crippen LogP contribution in [-0.4, -0.2) is 32.1 Å². The molecule has 1 aliphatic carbocycles. The first-order valence-electron chi connectivity index (χ1n) is 7.98. The third-order valence-corrected chi connectivity index (χ3v) is 4.05. The van der Waals surface area contributed by atoms with Crippen LogP contribution >= 0.6 is 0 Å². The summed E-state index contributed by atoms with van der Waals surface area (Å²) in [5.74, 6) is -0.227. The second-order valence-corrected chi connectivity index (χ2v) is 5.68. The Balaban J connectivity index is 1.96. The van der Waals surface area contributed by atoms with Crippen molar-refractivity contribution in [2.24, 2.45) is 0 Å². The lowest BCUT2D eigenvalue weighted by Crippen LogP contribution is -2.41. The van der Waals surface area contributed by atoms with Gasteiger partial charge in [0.05, 0.1) is 19.9 Å². The van der Waals surface area contributed by atoms with E-state index in [1.165, 1.54) is 20.0 Å². The molecule has 0 aromatic heterocycles. The van der Waals surface area contributed by atoms with Gasteiger partial charge in [-0.15, -0.1) is 0 Å². The summed E-state index contributed by atoms with van der Waals surface area (Å²) in [6.07, 6.45) is 6.46. The first-order valence-corrected chi connectivity index (χ1v) is 7.98. The Morgan fingerprint density at radius 3 is 2.30 bits per heavy atom. The summed E-state index contributed by atoms with van der Waals surface area (Å²) in [5, 5.41) is 5.41. The molecule has 1 saturated carbocycles. The predicted octanol–water partition coefficient (Wildman–Crippen LogP) is 2.48.